The number of hydrogen-bond acceptors (Lipinski definition) is 3. The Labute approximate surface area is 591 Å². The van der Waals surface area contributed by atoms with Crippen LogP contribution in [0.3, 0.4) is 0 Å². The molecule has 0 amide bonds. The maximum absolute atomic E-state index is 5.91. The minimum atomic E-state index is 0.00366. The SMILES string of the molecule is CC1(C)c2ccccc2-c2ccccc21.CC1(C)c2ccccc2CCc2ccccc21.CC1(C)c2ccccc2CCc2cccnc21.CC1(C)c2ccccc2CCc2ccncc21.CC1(C)c2ccccc2COc2ccccc21.CC1(C)c2ccccc2Cc2ccccc21. The first-order valence-electron chi connectivity index (χ1n) is 36.1. The maximum atomic E-state index is 5.91. The van der Waals surface area contributed by atoms with Crippen LogP contribution in [0.4, 0.5) is 0 Å². The number of para-hydroxylation sites is 1. The number of aromatic nitrogens is 2. The van der Waals surface area contributed by atoms with E-state index in [1.54, 1.807) is 0 Å². The highest BCUT2D eigenvalue weighted by molar-refractivity contribution is 5.80. The van der Waals surface area contributed by atoms with Gasteiger partial charge in [0.05, 0.1) is 5.69 Å². The molecule has 0 atom stereocenters. The van der Waals surface area contributed by atoms with Gasteiger partial charge in [0.1, 0.15) is 12.4 Å². The standard InChI is InChI=1S/C17H18.2C16H17N.C16H16O.C16H16.C15H14/c1-17(2)15-9-5-3-7-13(15)11-12-14-8-4-6-10-16(14)17;1-16(2)14-8-4-3-6-12(14)9-10-13-7-5-11-17-15(13)16;1-16(2)14-6-4-3-5-12(14)7-8-13-9-10-17-11-15(13)16;1-16(2)13-8-4-3-7-12(13)11-17-15-10-6-5-9-14(15)16;1-16(2)14-9-5-3-7-12(14)11-13-8-4-6-10-15(13)16;1-15(2)13-9-5-3-7-11(13)12-8-4-6-10-14(12)15/h3-10H,11-12H2,1-2H3;3-8,11H,9-10H2,1-2H3;3-6,9-11H,7-8H2,1-2H3;3-10H,11H2,1-2H3;3-10H,11H2,1-2H3;3-10H,1-2H3. The summed E-state index contributed by atoms with van der Waals surface area (Å²) >= 11 is 0. The summed E-state index contributed by atoms with van der Waals surface area (Å²) in [6.07, 6.45) is 13.7. The first-order valence-corrected chi connectivity index (χ1v) is 36.1. The molecule has 99 heavy (non-hydrogen) atoms. The van der Waals surface area contributed by atoms with Crippen molar-refractivity contribution in [3.8, 4) is 16.9 Å². The van der Waals surface area contributed by atoms with Gasteiger partial charge in [-0.05, 0) is 180 Å². The first kappa shape index (κ1) is 67.9. The van der Waals surface area contributed by atoms with Gasteiger partial charge < -0.3 is 4.74 Å². The number of fused-ring (bicyclic) bond motifs is 13. The van der Waals surface area contributed by atoms with E-state index in [2.05, 4.69) is 342 Å². The molecule has 6 aliphatic rings. The zero-order valence-corrected chi connectivity index (χ0v) is 60.5. The van der Waals surface area contributed by atoms with Crippen molar-refractivity contribution in [2.24, 2.45) is 0 Å². The van der Waals surface area contributed by atoms with E-state index >= 15 is 0 Å². The molecular formula is C96H98N2O. The molecule has 3 heteroatoms. The molecule has 0 saturated heterocycles. The van der Waals surface area contributed by atoms with Gasteiger partial charge in [0.25, 0.3) is 0 Å². The van der Waals surface area contributed by atoms with Gasteiger partial charge in [-0.3, -0.25) is 9.97 Å². The molecular weight excluding hydrogens is 1200 g/mol. The van der Waals surface area contributed by atoms with Crippen molar-refractivity contribution in [2.75, 3.05) is 0 Å². The lowest BCUT2D eigenvalue weighted by molar-refractivity contribution is 0.306. The average Bonchev–Trinajstić information content (AvgIpc) is 1.72. The maximum Gasteiger partial charge on any atom is 0.123 e. The highest BCUT2D eigenvalue weighted by Gasteiger charge is 2.37. The molecule has 12 aromatic rings. The predicted molar refractivity (Wildman–Crippen MR) is 414 cm³/mol. The third-order valence-corrected chi connectivity index (χ3v) is 22.7. The van der Waals surface area contributed by atoms with Gasteiger partial charge in [-0.15, -0.1) is 0 Å². The van der Waals surface area contributed by atoms with E-state index in [-0.39, 0.29) is 32.5 Å². The van der Waals surface area contributed by atoms with Crippen LogP contribution in [0.1, 0.15) is 200 Å². The van der Waals surface area contributed by atoms with Crippen LogP contribution < -0.4 is 4.74 Å². The molecule has 0 unspecified atom stereocenters. The number of ether oxygens (including phenoxy) is 1. The van der Waals surface area contributed by atoms with Crippen molar-refractivity contribution >= 4 is 0 Å². The molecule has 0 radical (unpaired) electrons. The Balaban J connectivity index is 0.000000107. The van der Waals surface area contributed by atoms with Crippen LogP contribution in [0.5, 0.6) is 5.75 Å². The van der Waals surface area contributed by atoms with Crippen molar-refractivity contribution in [1.29, 1.82) is 0 Å². The zero-order valence-electron chi connectivity index (χ0n) is 60.5. The lowest BCUT2D eigenvalue weighted by Gasteiger charge is -2.35. The molecule has 10 aromatic carbocycles. The Morgan fingerprint density at radius 3 is 0.990 bits per heavy atom. The Kier molecular flexibility index (Phi) is 19.1. The summed E-state index contributed by atoms with van der Waals surface area (Å²) in [7, 11) is 0. The summed E-state index contributed by atoms with van der Waals surface area (Å²) in [5.41, 5.74) is 33.3. The van der Waals surface area contributed by atoms with Crippen LogP contribution in [-0.2, 0) is 84.0 Å². The second kappa shape index (κ2) is 27.9. The Morgan fingerprint density at radius 2 is 0.535 bits per heavy atom. The fourth-order valence-corrected chi connectivity index (χ4v) is 17.3. The molecule has 2 aromatic heterocycles. The lowest BCUT2D eigenvalue weighted by atomic mass is 9.69. The highest BCUT2D eigenvalue weighted by Crippen LogP contribution is 2.49. The van der Waals surface area contributed by atoms with Crippen molar-refractivity contribution in [3.05, 3.63) is 396 Å². The number of rotatable bonds is 0. The summed E-state index contributed by atoms with van der Waals surface area (Å²) in [5, 5.41) is 0. The van der Waals surface area contributed by atoms with E-state index in [4.69, 9.17) is 4.74 Å². The van der Waals surface area contributed by atoms with E-state index in [0.717, 1.165) is 50.7 Å². The fourth-order valence-electron chi connectivity index (χ4n) is 17.3. The molecule has 0 spiro atoms. The topological polar surface area (TPSA) is 35.0 Å². The molecule has 0 bridgehead atoms. The molecule has 3 nitrogen and oxygen atoms in total. The summed E-state index contributed by atoms with van der Waals surface area (Å²) < 4.78 is 5.91. The molecule has 18 rings (SSSR count). The Hall–Kier alpha value is -9.70. The van der Waals surface area contributed by atoms with Crippen molar-refractivity contribution < 1.29 is 4.74 Å². The normalized spacial score (nSPS) is 16.5. The van der Waals surface area contributed by atoms with E-state index in [0.29, 0.717) is 6.61 Å². The van der Waals surface area contributed by atoms with Gasteiger partial charge in [-0.25, -0.2) is 0 Å². The molecule has 5 aliphatic carbocycles. The number of benzene rings is 10. The third-order valence-electron chi connectivity index (χ3n) is 22.7. The van der Waals surface area contributed by atoms with E-state index < -0.39 is 0 Å². The molecule has 498 valence electrons. The lowest BCUT2D eigenvalue weighted by Crippen LogP contribution is -2.26. The van der Waals surface area contributed by atoms with Crippen LogP contribution >= 0.6 is 0 Å². The summed E-state index contributed by atoms with van der Waals surface area (Å²) in [5.74, 6) is 1.01. The minimum absolute atomic E-state index is 0.00366. The van der Waals surface area contributed by atoms with Crippen molar-refractivity contribution in [1.82, 2.24) is 9.97 Å². The van der Waals surface area contributed by atoms with Gasteiger partial charge in [-0.2, -0.15) is 0 Å². The molecule has 0 N–H and O–H groups in total. The van der Waals surface area contributed by atoms with Crippen LogP contribution in [0.25, 0.3) is 11.1 Å². The number of aryl methyl sites for hydroxylation is 6. The fraction of sp³-hybridized carbons (Fsp3) is 0.271. The number of pyridine rings is 2. The highest BCUT2D eigenvalue weighted by atomic mass is 16.5. The molecule has 1 aliphatic heterocycles. The molecule has 3 heterocycles. The number of nitrogens with zero attached hydrogens (tertiary/aromatic N) is 2. The zero-order chi connectivity index (χ0) is 69.2. The van der Waals surface area contributed by atoms with Gasteiger partial charge in [0.15, 0.2) is 0 Å². The summed E-state index contributed by atoms with van der Waals surface area (Å²) in [6.45, 7) is 28.3. The largest absolute Gasteiger partial charge is 0.489 e. The quantitative estimate of drug-likeness (QED) is 0.152. The first-order chi connectivity index (χ1) is 47.7. The summed E-state index contributed by atoms with van der Waals surface area (Å²) in [6, 6.07) is 93.8. The molecule has 0 saturated carbocycles. The van der Waals surface area contributed by atoms with Crippen molar-refractivity contribution in [3.63, 3.8) is 0 Å². The van der Waals surface area contributed by atoms with Crippen LogP contribution in [0, 0.1) is 0 Å². The summed E-state index contributed by atoms with van der Waals surface area (Å²) in [4.78, 5) is 8.94. The smallest absolute Gasteiger partial charge is 0.123 e. The number of hydrogen-bond donors (Lipinski definition) is 0. The van der Waals surface area contributed by atoms with E-state index in [9.17, 15) is 0 Å². The minimum Gasteiger partial charge on any atom is -0.489 e. The second-order valence-corrected chi connectivity index (χ2v) is 30.9. The van der Waals surface area contributed by atoms with E-state index in [1.807, 2.05) is 30.7 Å². The third kappa shape index (κ3) is 13.3. The monoisotopic (exact) mass is 1290 g/mol. The van der Waals surface area contributed by atoms with E-state index in [1.165, 1.54) is 128 Å². The van der Waals surface area contributed by atoms with Crippen LogP contribution in [0.15, 0.2) is 279 Å². The predicted octanol–water partition coefficient (Wildman–Crippen LogP) is 22.9. The second-order valence-electron chi connectivity index (χ2n) is 30.9. The molecule has 0 fully saturated rings. The Morgan fingerprint density at radius 1 is 0.242 bits per heavy atom. The van der Waals surface area contributed by atoms with Crippen molar-refractivity contribution in [2.45, 2.75) is 167 Å². The van der Waals surface area contributed by atoms with Gasteiger partial charge in [0, 0.05) is 56.6 Å². The van der Waals surface area contributed by atoms with Crippen LogP contribution in [0.2, 0.25) is 0 Å². The average molecular weight is 1300 g/mol. The Bertz CT molecular complexity index is 4150. The van der Waals surface area contributed by atoms with Gasteiger partial charge in [-0.1, -0.05) is 326 Å². The van der Waals surface area contributed by atoms with Gasteiger partial charge >= 0.3 is 0 Å². The van der Waals surface area contributed by atoms with Gasteiger partial charge in [0.2, 0.25) is 0 Å². The van der Waals surface area contributed by atoms with Crippen LogP contribution in [-0.4, -0.2) is 9.97 Å².